The highest BCUT2D eigenvalue weighted by Gasteiger charge is 2.18. The Balaban J connectivity index is 2.60. The van der Waals surface area contributed by atoms with Crippen LogP contribution in [0.4, 0.5) is 0 Å². The first-order valence-corrected chi connectivity index (χ1v) is 6.73. The normalized spacial score (nSPS) is 11.4. The average molecular weight is 264 g/mol. The number of ether oxygens (including phenoxy) is 1. The van der Waals surface area contributed by atoms with Crippen LogP contribution in [-0.2, 0) is 4.79 Å². The molecule has 1 amide bonds. The Hall–Kier alpha value is -1.67. The quantitative estimate of drug-likeness (QED) is 0.604. The summed E-state index contributed by atoms with van der Waals surface area (Å²) in [6, 6.07) is 9.48. The van der Waals surface area contributed by atoms with Gasteiger partial charge in [-0.25, -0.2) is 0 Å². The van der Waals surface area contributed by atoms with Gasteiger partial charge in [0.05, 0.1) is 6.07 Å². The number of benzene rings is 1. The maximum absolute atomic E-state index is 11.8. The highest BCUT2D eigenvalue weighted by molar-refractivity contribution is 7.98. The van der Waals surface area contributed by atoms with E-state index in [1.807, 2.05) is 36.6 Å². The van der Waals surface area contributed by atoms with Gasteiger partial charge < -0.3 is 9.64 Å². The van der Waals surface area contributed by atoms with Crippen LogP contribution in [0.1, 0.15) is 6.92 Å². The third kappa shape index (κ3) is 3.97. The minimum absolute atomic E-state index is 0.0674. The monoisotopic (exact) mass is 264 g/mol. The summed E-state index contributed by atoms with van der Waals surface area (Å²) in [5.74, 6) is 0.449. The van der Waals surface area contributed by atoms with Crippen molar-refractivity contribution in [1.82, 2.24) is 4.90 Å². The van der Waals surface area contributed by atoms with Crippen LogP contribution in [-0.4, -0.2) is 36.8 Å². The fourth-order valence-corrected chi connectivity index (χ4v) is 1.81. The van der Waals surface area contributed by atoms with Crippen molar-refractivity contribution in [3.63, 3.8) is 0 Å². The largest absolute Gasteiger partial charge is 0.481 e. The molecule has 4 nitrogen and oxygen atoms in total. The molecule has 1 aromatic rings. The molecule has 0 N–H and O–H groups in total. The smallest absolute Gasteiger partial charge is 0.263 e. The van der Waals surface area contributed by atoms with Crippen LogP contribution >= 0.6 is 11.8 Å². The van der Waals surface area contributed by atoms with E-state index in [1.54, 1.807) is 25.7 Å². The molecule has 18 heavy (non-hydrogen) atoms. The predicted octanol–water partition coefficient (Wildman–Crippen LogP) is 2.16. The summed E-state index contributed by atoms with van der Waals surface area (Å²) in [6.45, 7) is 1.75. The van der Waals surface area contributed by atoms with E-state index < -0.39 is 6.10 Å². The van der Waals surface area contributed by atoms with E-state index in [-0.39, 0.29) is 12.5 Å². The van der Waals surface area contributed by atoms with Crippen LogP contribution in [0, 0.1) is 11.3 Å². The van der Waals surface area contributed by atoms with Gasteiger partial charge in [0.1, 0.15) is 12.3 Å². The average Bonchev–Trinajstić information content (AvgIpc) is 2.39. The Morgan fingerprint density at radius 1 is 1.50 bits per heavy atom. The van der Waals surface area contributed by atoms with E-state index in [4.69, 9.17) is 10.00 Å². The van der Waals surface area contributed by atoms with Gasteiger partial charge in [-0.2, -0.15) is 5.26 Å². The van der Waals surface area contributed by atoms with Crippen molar-refractivity contribution in [2.75, 3.05) is 19.8 Å². The molecule has 0 heterocycles. The lowest BCUT2D eigenvalue weighted by Gasteiger charge is -2.19. The van der Waals surface area contributed by atoms with E-state index in [0.717, 1.165) is 4.90 Å². The van der Waals surface area contributed by atoms with Crippen LogP contribution in [0.25, 0.3) is 0 Å². The van der Waals surface area contributed by atoms with E-state index in [1.165, 1.54) is 4.90 Å². The van der Waals surface area contributed by atoms with Gasteiger partial charge in [0.2, 0.25) is 0 Å². The molecule has 0 aromatic heterocycles. The number of hydrogen-bond acceptors (Lipinski definition) is 4. The molecule has 0 aliphatic rings. The number of hydrogen-bond donors (Lipinski definition) is 0. The minimum Gasteiger partial charge on any atom is -0.481 e. The lowest BCUT2D eigenvalue weighted by Crippen LogP contribution is -2.38. The third-order valence-electron chi connectivity index (χ3n) is 2.40. The first kappa shape index (κ1) is 14.4. The summed E-state index contributed by atoms with van der Waals surface area (Å²) in [5, 5.41) is 8.53. The zero-order valence-corrected chi connectivity index (χ0v) is 11.5. The van der Waals surface area contributed by atoms with Crippen LogP contribution < -0.4 is 4.74 Å². The highest BCUT2D eigenvalue weighted by Crippen LogP contribution is 2.20. The third-order valence-corrected chi connectivity index (χ3v) is 3.15. The van der Waals surface area contributed by atoms with Crippen molar-refractivity contribution >= 4 is 17.7 Å². The Labute approximate surface area is 112 Å². The summed E-state index contributed by atoms with van der Waals surface area (Å²) >= 11 is 1.65. The van der Waals surface area contributed by atoms with Crippen molar-refractivity contribution in [2.24, 2.45) is 0 Å². The lowest BCUT2D eigenvalue weighted by atomic mass is 10.3. The molecule has 0 bridgehead atoms. The molecule has 0 radical (unpaired) electrons. The van der Waals surface area contributed by atoms with Gasteiger partial charge in [0.25, 0.3) is 5.91 Å². The first-order chi connectivity index (χ1) is 8.58. The molecule has 0 saturated heterocycles. The molecule has 1 aromatic carbocycles. The van der Waals surface area contributed by atoms with Gasteiger partial charge in [0, 0.05) is 11.9 Å². The predicted molar refractivity (Wildman–Crippen MR) is 71.6 cm³/mol. The van der Waals surface area contributed by atoms with Gasteiger partial charge in [0.15, 0.2) is 6.10 Å². The molecule has 0 spiro atoms. The Morgan fingerprint density at radius 3 is 2.61 bits per heavy atom. The number of thioether (sulfide) groups is 1. The highest BCUT2D eigenvalue weighted by atomic mass is 32.2. The van der Waals surface area contributed by atoms with Gasteiger partial charge in [-0.15, -0.1) is 11.8 Å². The molecule has 0 saturated carbocycles. The molecule has 0 aliphatic heterocycles. The second kappa shape index (κ2) is 6.92. The molecule has 0 fully saturated rings. The second-order valence-corrected chi connectivity index (χ2v) is 4.67. The zero-order valence-electron chi connectivity index (χ0n) is 10.7. The van der Waals surface area contributed by atoms with E-state index in [0.29, 0.717) is 5.75 Å². The molecule has 5 heteroatoms. The zero-order chi connectivity index (χ0) is 13.5. The standard InChI is InChI=1S/C13H16N2O2S/c1-10(13(16)15(2)9-8-14)17-11-4-6-12(18-3)7-5-11/h4-7,10H,9H2,1-3H3. The molecule has 1 atom stereocenters. The van der Waals surface area contributed by atoms with Gasteiger partial charge in [-0.3, -0.25) is 4.79 Å². The fourth-order valence-electron chi connectivity index (χ4n) is 1.40. The van der Waals surface area contributed by atoms with Gasteiger partial charge in [-0.05, 0) is 37.4 Å². The van der Waals surface area contributed by atoms with Crippen LogP contribution in [0.2, 0.25) is 0 Å². The van der Waals surface area contributed by atoms with Crippen molar-refractivity contribution in [1.29, 1.82) is 5.26 Å². The maximum atomic E-state index is 11.8. The van der Waals surface area contributed by atoms with Crippen LogP contribution in [0.5, 0.6) is 5.75 Å². The van der Waals surface area contributed by atoms with Crippen LogP contribution in [0.3, 0.4) is 0 Å². The summed E-state index contributed by atoms with van der Waals surface area (Å²) in [7, 11) is 1.59. The summed E-state index contributed by atoms with van der Waals surface area (Å²) in [4.78, 5) is 14.3. The number of carbonyl (C=O) groups is 1. The first-order valence-electron chi connectivity index (χ1n) is 5.51. The number of amides is 1. The van der Waals surface area contributed by atoms with Crippen LogP contribution in [0.15, 0.2) is 29.2 Å². The van der Waals surface area contributed by atoms with Gasteiger partial charge in [-0.1, -0.05) is 0 Å². The number of nitriles is 1. The Morgan fingerprint density at radius 2 is 2.11 bits per heavy atom. The number of carbonyl (C=O) groups excluding carboxylic acids is 1. The number of nitrogens with zero attached hydrogens (tertiary/aromatic N) is 2. The molecular weight excluding hydrogens is 248 g/mol. The van der Waals surface area contributed by atoms with E-state index in [2.05, 4.69) is 0 Å². The Bertz CT molecular complexity index is 439. The molecule has 1 unspecified atom stereocenters. The van der Waals surface area contributed by atoms with Crippen molar-refractivity contribution in [3.8, 4) is 11.8 Å². The molecular formula is C13H16N2O2S. The lowest BCUT2D eigenvalue weighted by molar-refractivity contribution is -0.136. The van der Waals surface area contributed by atoms with Crippen molar-refractivity contribution < 1.29 is 9.53 Å². The van der Waals surface area contributed by atoms with E-state index in [9.17, 15) is 4.79 Å². The van der Waals surface area contributed by atoms with Crippen molar-refractivity contribution in [2.45, 2.75) is 17.9 Å². The maximum Gasteiger partial charge on any atom is 0.263 e. The molecule has 0 aliphatic carbocycles. The Kier molecular flexibility index (Phi) is 5.53. The fraction of sp³-hybridized carbons (Fsp3) is 0.385. The van der Waals surface area contributed by atoms with Gasteiger partial charge >= 0.3 is 0 Å². The molecule has 1 rings (SSSR count). The minimum atomic E-state index is -0.594. The van der Waals surface area contributed by atoms with Crippen molar-refractivity contribution in [3.05, 3.63) is 24.3 Å². The summed E-state index contributed by atoms with van der Waals surface area (Å²) < 4.78 is 5.53. The number of rotatable bonds is 5. The topological polar surface area (TPSA) is 53.3 Å². The number of likely N-dealkylation sites (N-methyl/N-ethyl adjacent to an activating group) is 1. The summed E-state index contributed by atoms with van der Waals surface area (Å²) in [6.07, 6.45) is 1.40. The van der Waals surface area contributed by atoms with E-state index >= 15 is 0 Å². The SMILES string of the molecule is CSc1ccc(OC(C)C(=O)N(C)CC#N)cc1. The molecule has 96 valence electrons. The second-order valence-electron chi connectivity index (χ2n) is 3.79. The summed E-state index contributed by atoms with van der Waals surface area (Å²) in [5.41, 5.74) is 0.